The fourth-order valence-electron chi connectivity index (χ4n) is 2.08. The highest BCUT2D eigenvalue weighted by Gasteiger charge is 2.59. The van der Waals surface area contributed by atoms with Crippen LogP contribution in [0.2, 0.25) is 0 Å². The van der Waals surface area contributed by atoms with Gasteiger partial charge in [0.15, 0.2) is 9.84 Å². The third kappa shape index (κ3) is 1.16. The largest absolute Gasteiger partial charge is 0.481 e. The van der Waals surface area contributed by atoms with Crippen LogP contribution in [0.5, 0.6) is 0 Å². The summed E-state index contributed by atoms with van der Waals surface area (Å²) in [6.07, 6.45) is 0. The molecule has 5 nitrogen and oxygen atoms in total. The van der Waals surface area contributed by atoms with Gasteiger partial charge in [0.2, 0.25) is 0 Å². The Bertz CT molecular complexity index is 346. The molecule has 6 heteroatoms. The molecule has 0 spiro atoms. The highest BCUT2D eigenvalue weighted by molar-refractivity contribution is 7.91. The first-order valence-electron chi connectivity index (χ1n) is 3.98. The van der Waals surface area contributed by atoms with Crippen molar-refractivity contribution in [1.82, 2.24) is 0 Å². The second kappa shape index (κ2) is 2.45. The zero-order valence-electron chi connectivity index (χ0n) is 6.89. The standard InChI is InChI=1S/C7H10O5S/c8-6(9)7-3-12-1-5(7)2-13(10,11)4-7/h5H,1-4H2,(H,8,9). The second-order valence-corrected chi connectivity index (χ2v) is 5.84. The van der Waals surface area contributed by atoms with Crippen LogP contribution in [0, 0.1) is 11.3 Å². The van der Waals surface area contributed by atoms with Crippen molar-refractivity contribution in [2.24, 2.45) is 11.3 Å². The molecule has 0 aromatic rings. The van der Waals surface area contributed by atoms with Crippen molar-refractivity contribution in [3.63, 3.8) is 0 Å². The number of hydrogen-bond donors (Lipinski definition) is 1. The summed E-state index contributed by atoms with van der Waals surface area (Å²) in [6, 6.07) is 0. The van der Waals surface area contributed by atoms with Crippen molar-refractivity contribution >= 4 is 15.8 Å². The maximum atomic E-state index is 11.2. The Labute approximate surface area is 75.6 Å². The molecule has 0 radical (unpaired) electrons. The summed E-state index contributed by atoms with van der Waals surface area (Å²) >= 11 is 0. The van der Waals surface area contributed by atoms with E-state index < -0.39 is 21.2 Å². The number of fused-ring (bicyclic) bond motifs is 1. The summed E-state index contributed by atoms with van der Waals surface area (Å²) in [6.45, 7) is 0.289. The van der Waals surface area contributed by atoms with E-state index in [1.165, 1.54) is 0 Å². The molecule has 0 aromatic carbocycles. The minimum atomic E-state index is -3.17. The molecule has 2 heterocycles. The molecule has 1 N–H and O–H groups in total. The first-order chi connectivity index (χ1) is 5.96. The van der Waals surface area contributed by atoms with Gasteiger partial charge in [0, 0.05) is 5.92 Å². The first-order valence-corrected chi connectivity index (χ1v) is 5.80. The molecule has 0 saturated carbocycles. The lowest BCUT2D eigenvalue weighted by Crippen LogP contribution is -2.37. The third-order valence-electron chi connectivity index (χ3n) is 2.82. The maximum Gasteiger partial charge on any atom is 0.313 e. The van der Waals surface area contributed by atoms with Crippen LogP contribution in [0.3, 0.4) is 0 Å². The Morgan fingerprint density at radius 3 is 2.77 bits per heavy atom. The number of hydrogen-bond acceptors (Lipinski definition) is 4. The van der Waals surface area contributed by atoms with Gasteiger partial charge in [-0.2, -0.15) is 0 Å². The Balaban J connectivity index is 2.41. The van der Waals surface area contributed by atoms with Crippen LogP contribution >= 0.6 is 0 Å². The van der Waals surface area contributed by atoms with Gasteiger partial charge in [-0.15, -0.1) is 0 Å². The molecule has 13 heavy (non-hydrogen) atoms. The number of carboxylic acids is 1. The predicted octanol–water partition coefficient (Wildman–Crippen LogP) is -0.868. The van der Waals surface area contributed by atoms with Crippen molar-refractivity contribution in [3.05, 3.63) is 0 Å². The van der Waals surface area contributed by atoms with E-state index in [0.29, 0.717) is 0 Å². The van der Waals surface area contributed by atoms with Gasteiger partial charge in [-0.3, -0.25) is 4.79 Å². The SMILES string of the molecule is O=C(O)C12COCC1CS(=O)(=O)C2. The summed E-state index contributed by atoms with van der Waals surface area (Å²) in [4.78, 5) is 10.9. The van der Waals surface area contributed by atoms with E-state index in [2.05, 4.69) is 0 Å². The molecule has 2 fully saturated rings. The highest BCUT2D eigenvalue weighted by atomic mass is 32.2. The number of carbonyl (C=O) groups is 1. The van der Waals surface area contributed by atoms with Gasteiger partial charge in [0.05, 0.1) is 24.7 Å². The van der Waals surface area contributed by atoms with Crippen LogP contribution < -0.4 is 0 Å². The fraction of sp³-hybridized carbons (Fsp3) is 0.857. The molecule has 2 aliphatic heterocycles. The first kappa shape index (κ1) is 8.96. The topological polar surface area (TPSA) is 80.7 Å². The lowest BCUT2D eigenvalue weighted by molar-refractivity contribution is -0.148. The van der Waals surface area contributed by atoms with Gasteiger partial charge < -0.3 is 9.84 Å². The minimum Gasteiger partial charge on any atom is -0.481 e. The smallest absolute Gasteiger partial charge is 0.313 e. The number of carboxylic acid groups (broad SMARTS) is 1. The van der Waals surface area contributed by atoms with Crippen LogP contribution in [0.25, 0.3) is 0 Å². The molecular formula is C7H10O5S. The van der Waals surface area contributed by atoms with E-state index in [9.17, 15) is 13.2 Å². The van der Waals surface area contributed by atoms with Gasteiger partial charge in [0.1, 0.15) is 5.41 Å². The van der Waals surface area contributed by atoms with Crippen LogP contribution in [-0.2, 0) is 19.4 Å². The van der Waals surface area contributed by atoms with E-state index >= 15 is 0 Å². The van der Waals surface area contributed by atoms with E-state index in [-0.39, 0.29) is 30.6 Å². The minimum absolute atomic E-state index is 0.0340. The van der Waals surface area contributed by atoms with Crippen molar-refractivity contribution in [2.75, 3.05) is 24.7 Å². The van der Waals surface area contributed by atoms with Gasteiger partial charge in [-0.05, 0) is 0 Å². The van der Waals surface area contributed by atoms with Crippen molar-refractivity contribution < 1.29 is 23.1 Å². The molecule has 2 aliphatic rings. The van der Waals surface area contributed by atoms with Crippen LogP contribution in [-0.4, -0.2) is 44.2 Å². The van der Waals surface area contributed by atoms with Gasteiger partial charge in [0.25, 0.3) is 0 Å². The third-order valence-corrected chi connectivity index (χ3v) is 4.68. The fourth-order valence-corrected chi connectivity index (χ4v) is 4.46. The maximum absolute atomic E-state index is 11.2. The van der Waals surface area contributed by atoms with Gasteiger partial charge >= 0.3 is 5.97 Å². The molecule has 0 bridgehead atoms. The average molecular weight is 206 g/mol. The predicted molar refractivity (Wildman–Crippen MR) is 43.0 cm³/mol. The number of ether oxygens (including phenoxy) is 1. The van der Waals surface area contributed by atoms with E-state index in [1.54, 1.807) is 0 Å². The van der Waals surface area contributed by atoms with Crippen LogP contribution in [0.15, 0.2) is 0 Å². The van der Waals surface area contributed by atoms with Gasteiger partial charge in [-0.1, -0.05) is 0 Å². The van der Waals surface area contributed by atoms with E-state index in [4.69, 9.17) is 9.84 Å². The highest BCUT2D eigenvalue weighted by Crippen LogP contribution is 2.42. The van der Waals surface area contributed by atoms with Gasteiger partial charge in [-0.25, -0.2) is 8.42 Å². The number of rotatable bonds is 1. The molecule has 74 valence electrons. The quantitative estimate of drug-likeness (QED) is 0.603. The van der Waals surface area contributed by atoms with E-state index in [1.807, 2.05) is 0 Å². The number of aliphatic carboxylic acids is 1. The second-order valence-electron chi connectivity index (χ2n) is 3.73. The Morgan fingerprint density at radius 2 is 2.23 bits per heavy atom. The lowest BCUT2D eigenvalue weighted by Gasteiger charge is -2.18. The lowest BCUT2D eigenvalue weighted by atomic mass is 9.81. The average Bonchev–Trinajstić information content (AvgIpc) is 2.40. The van der Waals surface area contributed by atoms with Crippen molar-refractivity contribution in [2.45, 2.75) is 0 Å². The molecule has 0 amide bonds. The molecular weight excluding hydrogens is 196 g/mol. The molecule has 2 saturated heterocycles. The molecule has 2 rings (SSSR count). The molecule has 0 aromatic heterocycles. The summed E-state index contributed by atoms with van der Waals surface area (Å²) in [5, 5.41) is 8.96. The summed E-state index contributed by atoms with van der Waals surface area (Å²) in [5.74, 6) is -1.70. The summed E-state index contributed by atoms with van der Waals surface area (Å²) in [5.41, 5.74) is -1.15. The molecule has 0 aliphatic carbocycles. The summed E-state index contributed by atoms with van der Waals surface area (Å²) in [7, 11) is -3.17. The zero-order valence-corrected chi connectivity index (χ0v) is 7.71. The zero-order chi connectivity index (χ0) is 9.69. The monoisotopic (exact) mass is 206 g/mol. The van der Waals surface area contributed by atoms with Crippen LogP contribution in [0.4, 0.5) is 0 Å². The van der Waals surface area contributed by atoms with Crippen molar-refractivity contribution in [3.8, 4) is 0 Å². The van der Waals surface area contributed by atoms with Crippen LogP contribution in [0.1, 0.15) is 0 Å². The Kier molecular flexibility index (Phi) is 1.69. The van der Waals surface area contributed by atoms with E-state index in [0.717, 1.165) is 0 Å². The molecule has 2 unspecified atom stereocenters. The Morgan fingerprint density at radius 1 is 1.54 bits per heavy atom. The number of sulfone groups is 1. The van der Waals surface area contributed by atoms with Crippen molar-refractivity contribution in [1.29, 1.82) is 0 Å². The Hall–Kier alpha value is -0.620. The normalized spacial score (nSPS) is 41.7. The molecule has 2 atom stereocenters. The summed E-state index contributed by atoms with van der Waals surface area (Å²) < 4.78 is 27.5.